The maximum absolute atomic E-state index is 11.8. The van der Waals surface area contributed by atoms with Gasteiger partial charge in [0, 0.05) is 38.0 Å². The van der Waals surface area contributed by atoms with Crippen LogP contribution in [0.5, 0.6) is 0 Å². The molecule has 0 saturated carbocycles. The first kappa shape index (κ1) is 12.9. The summed E-state index contributed by atoms with van der Waals surface area (Å²) in [6.07, 6.45) is 3.47. The van der Waals surface area contributed by atoms with Gasteiger partial charge in [-0.2, -0.15) is 12.6 Å². The lowest BCUT2D eigenvalue weighted by Gasteiger charge is -2.40. The van der Waals surface area contributed by atoms with Gasteiger partial charge in [-0.25, -0.2) is 0 Å². The van der Waals surface area contributed by atoms with Crippen LogP contribution in [-0.2, 0) is 14.3 Å². The molecule has 0 unspecified atom stereocenters. The number of hydrogen-bond acceptors (Lipinski definition) is 4. The number of likely N-dealkylation sites (tertiary alicyclic amines) is 1. The smallest absolute Gasteiger partial charge is 0.229 e. The number of ether oxygens (including phenoxy) is 1. The van der Waals surface area contributed by atoms with Crippen molar-refractivity contribution in [2.24, 2.45) is 5.41 Å². The Hall–Kier alpha value is -0.550. The quantitative estimate of drug-likeness (QED) is 0.611. The fourth-order valence-electron chi connectivity index (χ4n) is 2.48. The van der Waals surface area contributed by atoms with E-state index in [1.807, 2.05) is 0 Å². The van der Waals surface area contributed by atoms with Gasteiger partial charge in [-0.05, 0) is 25.0 Å². The third kappa shape index (κ3) is 2.83. The molecular weight excluding hydrogens is 238 g/mol. The van der Waals surface area contributed by atoms with E-state index in [0.717, 1.165) is 12.8 Å². The molecule has 17 heavy (non-hydrogen) atoms. The minimum atomic E-state index is -0.0377. The molecule has 0 N–H and O–H groups in total. The van der Waals surface area contributed by atoms with Gasteiger partial charge in [-0.15, -0.1) is 0 Å². The zero-order valence-corrected chi connectivity index (χ0v) is 10.9. The summed E-state index contributed by atoms with van der Waals surface area (Å²) in [4.78, 5) is 25.0. The summed E-state index contributed by atoms with van der Waals surface area (Å²) >= 11 is 4.40. The number of carbonyl (C=O) groups excluding carboxylic acids is 2. The average molecular weight is 257 g/mol. The van der Waals surface area contributed by atoms with E-state index in [2.05, 4.69) is 12.6 Å². The molecule has 2 fully saturated rings. The number of thiol groups is 1. The Morgan fingerprint density at radius 1 is 1.18 bits per heavy atom. The van der Waals surface area contributed by atoms with E-state index in [9.17, 15) is 9.59 Å². The SMILES string of the molecule is O=C1CCCC(=O)N1CC1(CS)CCOCC1. The summed E-state index contributed by atoms with van der Waals surface area (Å²) in [6, 6.07) is 0. The van der Waals surface area contributed by atoms with Crippen LogP contribution >= 0.6 is 12.6 Å². The predicted molar refractivity (Wildman–Crippen MR) is 66.9 cm³/mol. The summed E-state index contributed by atoms with van der Waals surface area (Å²) in [5.41, 5.74) is -0.0377. The second kappa shape index (κ2) is 5.40. The van der Waals surface area contributed by atoms with Crippen LogP contribution < -0.4 is 0 Å². The molecule has 0 atom stereocenters. The lowest BCUT2D eigenvalue weighted by atomic mass is 9.81. The van der Waals surface area contributed by atoms with Gasteiger partial charge in [-0.1, -0.05) is 0 Å². The zero-order chi connectivity index (χ0) is 12.3. The number of piperidine rings is 1. The Morgan fingerprint density at radius 3 is 2.29 bits per heavy atom. The molecule has 4 nitrogen and oxygen atoms in total. The van der Waals surface area contributed by atoms with Crippen LogP contribution in [0, 0.1) is 5.41 Å². The summed E-state index contributed by atoms with van der Waals surface area (Å²) in [7, 11) is 0. The number of hydrogen-bond donors (Lipinski definition) is 1. The normalized spacial score (nSPS) is 25.1. The number of amides is 2. The first-order valence-corrected chi connectivity index (χ1v) is 6.82. The molecular formula is C12H19NO3S. The van der Waals surface area contributed by atoms with E-state index in [1.165, 1.54) is 4.90 Å². The molecule has 0 spiro atoms. The van der Waals surface area contributed by atoms with Crippen LogP contribution in [-0.4, -0.2) is 42.2 Å². The lowest BCUT2D eigenvalue weighted by Crippen LogP contribution is -2.49. The molecule has 2 amide bonds. The summed E-state index contributed by atoms with van der Waals surface area (Å²) in [6.45, 7) is 1.94. The van der Waals surface area contributed by atoms with Crippen LogP contribution in [0.25, 0.3) is 0 Å². The molecule has 0 radical (unpaired) electrons. The average Bonchev–Trinajstić information content (AvgIpc) is 2.35. The van der Waals surface area contributed by atoms with E-state index < -0.39 is 0 Å². The molecule has 0 bridgehead atoms. The Kier molecular flexibility index (Phi) is 4.09. The van der Waals surface area contributed by atoms with Gasteiger partial charge < -0.3 is 4.74 Å². The molecule has 5 heteroatoms. The van der Waals surface area contributed by atoms with Crippen molar-refractivity contribution in [3.63, 3.8) is 0 Å². The molecule has 0 aromatic heterocycles. The third-order valence-electron chi connectivity index (χ3n) is 3.77. The third-order valence-corrected chi connectivity index (χ3v) is 4.44. The molecule has 0 aromatic carbocycles. The monoisotopic (exact) mass is 257 g/mol. The fourth-order valence-corrected chi connectivity index (χ4v) is 2.90. The second-order valence-electron chi connectivity index (χ2n) is 5.00. The van der Waals surface area contributed by atoms with E-state index in [0.29, 0.717) is 44.8 Å². The fraction of sp³-hybridized carbons (Fsp3) is 0.833. The summed E-state index contributed by atoms with van der Waals surface area (Å²) < 4.78 is 5.35. The standard InChI is InChI=1S/C12H19NO3S/c14-10-2-1-3-11(15)13(10)8-12(9-17)4-6-16-7-5-12/h17H,1-9H2. The minimum absolute atomic E-state index is 0.0195. The highest BCUT2D eigenvalue weighted by Gasteiger charge is 2.37. The number of imide groups is 1. The van der Waals surface area contributed by atoms with Gasteiger partial charge in [0.25, 0.3) is 0 Å². The second-order valence-corrected chi connectivity index (χ2v) is 5.31. The first-order valence-electron chi connectivity index (χ1n) is 6.19. The van der Waals surface area contributed by atoms with E-state index >= 15 is 0 Å². The molecule has 0 aromatic rings. The largest absolute Gasteiger partial charge is 0.381 e. The van der Waals surface area contributed by atoms with Crippen LogP contribution in [0.3, 0.4) is 0 Å². The van der Waals surface area contributed by atoms with Crippen LogP contribution in [0.15, 0.2) is 0 Å². The van der Waals surface area contributed by atoms with Crippen molar-refractivity contribution in [3.8, 4) is 0 Å². The van der Waals surface area contributed by atoms with Crippen molar-refractivity contribution in [2.75, 3.05) is 25.5 Å². The zero-order valence-electron chi connectivity index (χ0n) is 9.98. The Bertz CT molecular complexity index is 297. The molecule has 0 aliphatic carbocycles. The highest BCUT2D eigenvalue weighted by molar-refractivity contribution is 7.80. The Balaban J connectivity index is 2.06. The van der Waals surface area contributed by atoms with Crippen molar-refractivity contribution in [1.82, 2.24) is 4.90 Å². The van der Waals surface area contributed by atoms with Crippen molar-refractivity contribution in [1.29, 1.82) is 0 Å². The van der Waals surface area contributed by atoms with Crippen LogP contribution in [0.2, 0.25) is 0 Å². The van der Waals surface area contributed by atoms with Gasteiger partial charge in [0.2, 0.25) is 11.8 Å². The predicted octanol–water partition coefficient (Wildman–Crippen LogP) is 1.25. The maximum Gasteiger partial charge on any atom is 0.229 e. The summed E-state index contributed by atoms with van der Waals surface area (Å²) in [5, 5.41) is 0. The van der Waals surface area contributed by atoms with Gasteiger partial charge in [0.15, 0.2) is 0 Å². The van der Waals surface area contributed by atoms with E-state index in [-0.39, 0.29) is 17.2 Å². The van der Waals surface area contributed by atoms with Crippen molar-refractivity contribution < 1.29 is 14.3 Å². The topological polar surface area (TPSA) is 46.6 Å². The van der Waals surface area contributed by atoms with Crippen LogP contribution in [0.1, 0.15) is 32.1 Å². The Morgan fingerprint density at radius 2 is 1.76 bits per heavy atom. The number of carbonyl (C=O) groups is 2. The van der Waals surface area contributed by atoms with E-state index in [4.69, 9.17) is 4.74 Å². The van der Waals surface area contributed by atoms with Gasteiger partial charge >= 0.3 is 0 Å². The van der Waals surface area contributed by atoms with Crippen molar-refractivity contribution in [2.45, 2.75) is 32.1 Å². The molecule has 2 rings (SSSR count). The first-order chi connectivity index (χ1) is 8.17. The Labute approximate surface area is 107 Å². The molecule has 2 saturated heterocycles. The number of rotatable bonds is 3. The number of nitrogens with zero attached hydrogens (tertiary/aromatic N) is 1. The highest BCUT2D eigenvalue weighted by Crippen LogP contribution is 2.33. The summed E-state index contributed by atoms with van der Waals surface area (Å²) in [5.74, 6) is 0.663. The van der Waals surface area contributed by atoms with Gasteiger partial charge in [0.05, 0.1) is 0 Å². The lowest BCUT2D eigenvalue weighted by molar-refractivity contribution is -0.150. The molecule has 2 heterocycles. The van der Waals surface area contributed by atoms with E-state index in [1.54, 1.807) is 0 Å². The highest BCUT2D eigenvalue weighted by atomic mass is 32.1. The van der Waals surface area contributed by atoms with Crippen molar-refractivity contribution >= 4 is 24.4 Å². The van der Waals surface area contributed by atoms with Gasteiger partial charge in [0.1, 0.15) is 0 Å². The molecule has 2 aliphatic rings. The van der Waals surface area contributed by atoms with Crippen LogP contribution in [0.4, 0.5) is 0 Å². The van der Waals surface area contributed by atoms with Gasteiger partial charge in [-0.3, -0.25) is 14.5 Å². The molecule has 2 aliphatic heterocycles. The molecule has 96 valence electrons. The maximum atomic E-state index is 11.8. The van der Waals surface area contributed by atoms with Crippen molar-refractivity contribution in [3.05, 3.63) is 0 Å². The minimum Gasteiger partial charge on any atom is -0.381 e.